The van der Waals surface area contributed by atoms with Gasteiger partial charge in [-0.1, -0.05) is 35.9 Å². The number of hydrogen-bond donors (Lipinski definition) is 2. The number of benzene rings is 2. The van der Waals surface area contributed by atoms with E-state index < -0.39 is 17.3 Å². The molecule has 6 nitrogen and oxygen atoms in total. The van der Waals surface area contributed by atoms with Crippen molar-refractivity contribution in [2.75, 3.05) is 0 Å². The van der Waals surface area contributed by atoms with Crippen molar-refractivity contribution >= 4 is 17.6 Å². The summed E-state index contributed by atoms with van der Waals surface area (Å²) in [5.74, 6) is -1.63. The number of carbonyl (C=O) groups is 1. The van der Waals surface area contributed by atoms with Crippen molar-refractivity contribution in [3.8, 4) is 17.0 Å². The summed E-state index contributed by atoms with van der Waals surface area (Å²) in [5.41, 5.74) is 0.659. The fourth-order valence-corrected chi connectivity index (χ4v) is 2.51. The zero-order valence-electron chi connectivity index (χ0n) is 12.9. The first-order valence-electron chi connectivity index (χ1n) is 7.32. The molecule has 0 bridgehead atoms. The molecule has 0 unspecified atom stereocenters. The number of nitrogens with zero attached hydrogens (tertiary/aromatic N) is 2. The minimum Gasteiger partial charge on any atom is -0.502 e. The van der Waals surface area contributed by atoms with Crippen molar-refractivity contribution in [2.45, 2.75) is 6.54 Å². The number of carboxylic acid groups (broad SMARTS) is 1. The molecule has 0 saturated carbocycles. The van der Waals surface area contributed by atoms with E-state index in [1.54, 1.807) is 30.3 Å². The zero-order valence-corrected chi connectivity index (χ0v) is 13.6. The van der Waals surface area contributed by atoms with Crippen LogP contribution in [0.5, 0.6) is 5.75 Å². The lowest BCUT2D eigenvalue weighted by molar-refractivity contribution is 0.0697. The van der Waals surface area contributed by atoms with E-state index in [-0.39, 0.29) is 17.8 Å². The summed E-state index contributed by atoms with van der Waals surface area (Å²) < 4.78 is 1.27. The van der Waals surface area contributed by atoms with Crippen molar-refractivity contribution in [1.29, 1.82) is 0 Å². The molecule has 0 aliphatic rings. The predicted molar refractivity (Wildman–Crippen MR) is 93.1 cm³/mol. The van der Waals surface area contributed by atoms with Crippen LogP contribution in [0.2, 0.25) is 5.02 Å². The third-order valence-electron chi connectivity index (χ3n) is 3.66. The minimum atomic E-state index is -1.10. The summed E-state index contributed by atoms with van der Waals surface area (Å²) in [7, 11) is 0. The molecule has 2 N–H and O–H groups in total. The van der Waals surface area contributed by atoms with Crippen LogP contribution in [0.3, 0.4) is 0 Å². The molecule has 3 rings (SSSR count). The first-order chi connectivity index (χ1) is 12.0. The lowest BCUT2D eigenvalue weighted by Gasteiger charge is -2.09. The van der Waals surface area contributed by atoms with Gasteiger partial charge < -0.3 is 10.2 Å². The molecule has 0 spiro atoms. The van der Waals surface area contributed by atoms with Crippen LogP contribution < -0.4 is 5.56 Å². The molecule has 25 heavy (non-hydrogen) atoms. The molecular formula is C18H13ClN2O4. The average molecular weight is 357 g/mol. The number of rotatable bonds is 4. The van der Waals surface area contributed by atoms with Gasteiger partial charge in [0.2, 0.25) is 5.75 Å². The molecular weight excluding hydrogens is 344 g/mol. The van der Waals surface area contributed by atoms with Gasteiger partial charge in [0.15, 0.2) is 0 Å². The summed E-state index contributed by atoms with van der Waals surface area (Å²) >= 11 is 5.83. The Morgan fingerprint density at radius 3 is 2.56 bits per heavy atom. The molecule has 3 aromatic rings. The molecule has 0 aliphatic carbocycles. The first kappa shape index (κ1) is 16.7. The first-order valence-corrected chi connectivity index (χ1v) is 7.70. The van der Waals surface area contributed by atoms with Crippen LogP contribution in [-0.4, -0.2) is 25.7 Å². The normalized spacial score (nSPS) is 10.6. The van der Waals surface area contributed by atoms with Gasteiger partial charge in [-0.2, -0.15) is 0 Å². The third kappa shape index (κ3) is 3.54. The molecule has 0 fully saturated rings. The van der Waals surface area contributed by atoms with Gasteiger partial charge in [0.05, 0.1) is 18.4 Å². The molecule has 2 aromatic carbocycles. The van der Waals surface area contributed by atoms with Crippen molar-refractivity contribution in [3.63, 3.8) is 0 Å². The van der Waals surface area contributed by atoms with Gasteiger partial charge >= 0.3 is 5.97 Å². The van der Waals surface area contributed by atoms with Gasteiger partial charge in [0, 0.05) is 10.6 Å². The molecule has 0 saturated heterocycles. The van der Waals surface area contributed by atoms with E-state index in [0.717, 1.165) is 5.56 Å². The topological polar surface area (TPSA) is 92.4 Å². The summed E-state index contributed by atoms with van der Waals surface area (Å²) in [6.07, 6.45) is 1.32. The van der Waals surface area contributed by atoms with Crippen molar-refractivity contribution in [2.24, 2.45) is 0 Å². The summed E-state index contributed by atoms with van der Waals surface area (Å²) in [6.45, 7) is 0.228. The minimum absolute atomic E-state index is 0.0421. The van der Waals surface area contributed by atoms with E-state index in [0.29, 0.717) is 10.6 Å². The Morgan fingerprint density at radius 2 is 1.88 bits per heavy atom. The number of halogens is 1. The Kier molecular flexibility index (Phi) is 4.54. The van der Waals surface area contributed by atoms with E-state index in [4.69, 9.17) is 16.7 Å². The Balaban J connectivity index is 1.98. The van der Waals surface area contributed by atoms with Crippen molar-refractivity contribution in [1.82, 2.24) is 9.55 Å². The van der Waals surface area contributed by atoms with Crippen molar-refractivity contribution in [3.05, 3.63) is 81.4 Å². The third-order valence-corrected chi connectivity index (χ3v) is 3.92. The molecule has 126 valence electrons. The van der Waals surface area contributed by atoms with E-state index in [2.05, 4.69) is 4.98 Å². The summed E-state index contributed by atoms with van der Waals surface area (Å²) in [5, 5.41) is 19.9. The Labute approximate surface area is 147 Å². The van der Waals surface area contributed by atoms with Crippen LogP contribution in [0.25, 0.3) is 11.3 Å². The van der Waals surface area contributed by atoms with Crippen molar-refractivity contribution < 1.29 is 15.0 Å². The Hall–Kier alpha value is -3.12. The molecule has 0 radical (unpaired) electrons. The fourth-order valence-electron chi connectivity index (χ4n) is 2.39. The monoisotopic (exact) mass is 356 g/mol. The molecule has 0 amide bonds. The Bertz CT molecular complexity index is 997. The SMILES string of the molecule is O=C(O)c1cccc(-c2ncn(Cc3ccc(Cl)cc3)c(=O)c2O)c1. The highest BCUT2D eigenvalue weighted by Crippen LogP contribution is 2.24. The van der Waals surface area contributed by atoms with Crippen LogP contribution in [0.4, 0.5) is 0 Å². The van der Waals surface area contributed by atoms with E-state index >= 15 is 0 Å². The highest BCUT2D eigenvalue weighted by molar-refractivity contribution is 6.30. The number of aromatic hydroxyl groups is 1. The predicted octanol–water partition coefficient (Wildman–Crippen LogP) is 3.02. The van der Waals surface area contributed by atoms with Crippen LogP contribution >= 0.6 is 11.6 Å². The van der Waals surface area contributed by atoms with Gasteiger partial charge in [-0.25, -0.2) is 9.78 Å². The fraction of sp³-hybridized carbons (Fsp3) is 0.0556. The molecule has 1 heterocycles. The standard InChI is InChI=1S/C18H13ClN2O4/c19-14-6-4-11(5-7-14)9-21-10-20-15(16(22)17(21)23)12-2-1-3-13(8-12)18(24)25/h1-8,10,22H,9H2,(H,24,25). The van der Waals surface area contributed by atoms with Crippen LogP contribution in [0.1, 0.15) is 15.9 Å². The molecule has 7 heteroatoms. The second-order valence-electron chi connectivity index (χ2n) is 5.39. The largest absolute Gasteiger partial charge is 0.502 e. The number of carboxylic acids is 1. The molecule has 0 aliphatic heterocycles. The number of aromatic carboxylic acids is 1. The smallest absolute Gasteiger partial charge is 0.335 e. The maximum atomic E-state index is 12.4. The lowest BCUT2D eigenvalue weighted by atomic mass is 10.1. The maximum Gasteiger partial charge on any atom is 0.335 e. The zero-order chi connectivity index (χ0) is 18.0. The molecule has 1 aromatic heterocycles. The highest BCUT2D eigenvalue weighted by Gasteiger charge is 2.14. The summed E-state index contributed by atoms with van der Waals surface area (Å²) in [4.78, 5) is 27.6. The van der Waals surface area contributed by atoms with Gasteiger partial charge in [-0.3, -0.25) is 9.36 Å². The van der Waals surface area contributed by atoms with E-state index in [1.807, 2.05) is 0 Å². The lowest BCUT2D eigenvalue weighted by Crippen LogP contribution is -2.21. The summed E-state index contributed by atoms with van der Waals surface area (Å²) in [6, 6.07) is 12.8. The quantitative estimate of drug-likeness (QED) is 0.749. The van der Waals surface area contributed by atoms with Gasteiger partial charge in [-0.05, 0) is 29.8 Å². The second kappa shape index (κ2) is 6.78. The van der Waals surface area contributed by atoms with Crippen LogP contribution in [0.15, 0.2) is 59.7 Å². The molecule has 0 atom stereocenters. The average Bonchev–Trinajstić information content (AvgIpc) is 2.61. The maximum absolute atomic E-state index is 12.4. The number of aromatic nitrogens is 2. The van der Waals surface area contributed by atoms with Crippen LogP contribution in [-0.2, 0) is 6.54 Å². The Morgan fingerprint density at radius 1 is 1.16 bits per heavy atom. The second-order valence-corrected chi connectivity index (χ2v) is 5.82. The van der Waals surface area contributed by atoms with E-state index in [9.17, 15) is 14.7 Å². The number of hydrogen-bond acceptors (Lipinski definition) is 4. The van der Waals surface area contributed by atoms with Gasteiger partial charge in [0.1, 0.15) is 5.69 Å². The van der Waals surface area contributed by atoms with Gasteiger partial charge in [-0.15, -0.1) is 0 Å². The van der Waals surface area contributed by atoms with Crippen LogP contribution in [0, 0.1) is 0 Å². The highest BCUT2D eigenvalue weighted by atomic mass is 35.5. The van der Waals surface area contributed by atoms with Gasteiger partial charge in [0.25, 0.3) is 5.56 Å². The van der Waals surface area contributed by atoms with E-state index in [1.165, 1.54) is 29.1 Å².